The molecule has 0 heterocycles. The summed E-state index contributed by atoms with van der Waals surface area (Å²) in [4.78, 5) is -0.257. The summed E-state index contributed by atoms with van der Waals surface area (Å²) < 4.78 is 54.6. The van der Waals surface area contributed by atoms with Crippen molar-refractivity contribution in [2.75, 3.05) is 7.11 Å². The van der Waals surface area contributed by atoms with Crippen LogP contribution in [-0.4, -0.2) is 22.1 Å². The Balaban J connectivity index is 3.17. The van der Waals surface area contributed by atoms with E-state index in [9.17, 15) is 17.2 Å². The second-order valence-electron chi connectivity index (χ2n) is 2.63. The first-order valence-corrected chi connectivity index (χ1v) is 6.23. The van der Waals surface area contributed by atoms with Crippen LogP contribution in [0.25, 0.3) is 0 Å². The standard InChI is InChI=1S/C8H7ClF2O4S/c1-14-7-4-5(16(9,12)13)2-3-6(7)15-8(10)11/h2-4,8H,1H3. The van der Waals surface area contributed by atoms with Crippen LogP contribution in [0.15, 0.2) is 23.1 Å². The van der Waals surface area contributed by atoms with Crippen molar-refractivity contribution >= 4 is 19.7 Å². The summed E-state index contributed by atoms with van der Waals surface area (Å²) in [5.74, 6) is -0.399. The zero-order valence-corrected chi connectivity index (χ0v) is 9.56. The fraction of sp³-hybridized carbons (Fsp3) is 0.250. The smallest absolute Gasteiger partial charge is 0.387 e. The summed E-state index contributed by atoms with van der Waals surface area (Å²) in [5.41, 5.74) is 0. The highest BCUT2D eigenvalue weighted by Gasteiger charge is 2.16. The average Bonchev–Trinajstić information content (AvgIpc) is 2.15. The molecule has 0 saturated carbocycles. The first-order chi connectivity index (χ1) is 7.34. The normalized spacial score (nSPS) is 11.6. The van der Waals surface area contributed by atoms with Gasteiger partial charge in [-0.25, -0.2) is 8.42 Å². The molecule has 0 unspecified atom stereocenters. The van der Waals surface area contributed by atoms with E-state index >= 15 is 0 Å². The van der Waals surface area contributed by atoms with Gasteiger partial charge in [-0.05, 0) is 12.1 Å². The Morgan fingerprint density at radius 3 is 2.38 bits per heavy atom. The van der Waals surface area contributed by atoms with Crippen molar-refractivity contribution in [1.29, 1.82) is 0 Å². The maximum Gasteiger partial charge on any atom is 0.387 e. The molecule has 1 rings (SSSR count). The highest BCUT2D eigenvalue weighted by molar-refractivity contribution is 8.13. The van der Waals surface area contributed by atoms with E-state index < -0.39 is 15.7 Å². The van der Waals surface area contributed by atoms with Crippen LogP contribution in [0.1, 0.15) is 0 Å². The van der Waals surface area contributed by atoms with Crippen molar-refractivity contribution in [2.24, 2.45) is 0 Å². The summed E-state index contributed by atoms with van der Waals surface area (Å²) in [5, 5.41) is 0. The van der Waals surface area contributed by atoms with Gasteiger partial charge in [-0.3, -0.25) is 0 Å². The van der Waals surface area contributed by atoms with Gasteiger partial charge in [-0.1, -0.05) is 0 Å². The molecule has 0 amide bonds. The van der Waals surface area contributed by atoms with E-state index in [1.165, 1.54) is 7.11 Å². The van der Waals surface area contributed by atoms with Gasteiger partial charge < -0.3 is 9.47 Å². The summed E-state index contributed by atoms with van der Waals surface area (Å²) in [6.07, 6.45) is 0. The lowest BCUT2D eigenvalue weighted by Crippen LogP contribution is -2.04. The SMILES string of the molecule is COc1cc(S(=O)(=O)Cl)ccc1OC(F)F. The average molecular weight is 273 g/mol. The Kier molecular flexibility index (Phi) is 3.93. The van der Waals surface area contributed by atoms with E-state index in [-0.39, 0.29) is 16.4 Å². The molecule has 0 spiro atoms. The van der Waals surface area contributed by atoms with Crippen LogP contribution >= 0.6 is 10.7 Å². The third-order valence-corrected chi connectivity index (χ3v) is 2.98. The Labute approximate surface area is 95.2 Å². The lowest BCUT2D eigenvalue weighted by Gasteiger charge is -2.10. The number of halogens is 3. The number of hydrogen-bond acceptors (Lipinski definition) is 4. The molecule has 1 aromatic rings. The topological polar surface area (TPSA) is 52.6 Å². The van der Waals surface area contributed by atoms with Crippen molar-refractivity contribution in [1.82, 2.24) is 0 Å². The Bertz CT molecular complexity index is 475. The predicted molar refractivity (Wildman–Crippen MR) is 52.7 cm³/mol. The molecule has 16 heavy (non-hydrogen) atoms. The van der Waals surface area contributed by atoms with E-state index in [1.807, 2.05) is 0 Å². The van der Waals surface area contributed by atoms with Gasteiger partial charge in [0.05, 0.1) is 12.0 Å². The van der Waals surface area contributed by atoms with Crippen LogP contribution in [-0.2, 0) is 9.05 Å². The minimum atomic E-state index is -3.93. The summed E-state index contributed by atoms with van der Waals surface area (Å²) in [7, 11) is 2.33. The zero-order valence-electron chi connectivity index (χ0n) is 7.98. The Morgan fingerprint density at radius 2 is 1.94 bits per heavy atom. The molecule has 0 saturated heterocycles. The predicted octanol–water partition coefficient (Wildman–Crippen LogP) is 2.22. The van der Waals surface area contributed by atoms with Gasteiger partial charge in [-0.15, -0.1) is 0 Å². The third-order valence-electron chi connectivity index (χ3n) is 1.63. The van der Waals surface area contributed by atoms with Gasteiger partial charge in [0, 0.05) is 16.7 Å². The van der Waals surface area contributed by atoms with Gasteiger partial charge in [0.1, 0.15) is 0 Å². The van der Waals surface area contributed by atoms with Crippen LogP contribution in [0.2, 0.25) is 0 Å². The van der Waals surface area contributed by atoms with Gasteiger partial charge in [0.25, 0.3) is 9.05 Å². The number of benzene rings is 1. The van der Waals surface area contributed by atoms with Gasteiger partial charge in [0.15, 0.2) is 11.5 Å². The molecule has 0 bridgehead atoms. The first kappa shape index (κ1) is 13.0. The molecular formula is C8H7ClF2O4S. The number of rotatable bonds is 4. The summed E-state index contributed by atoms with van der Waals surface area (Å²) in [6.45, 7) is -3.02. The molecule has 0 atom stereocenters. The molecule has 0 fully saturated rings. The van der Waals surface area contributed by atoms with Crippen molar-refractivity contribution in [3.05, 3.63) is 18.2 Å². The number of hydrogen-bond donors (Lipinski definition) is 0. The van der Waals surface area contributed by atoms with Gasteiger partial charge in [-0.2, -0.15) is 8.78 Å². The molecule has 1 aromatic carbocycles. The number of ether oxygens (including phenoxy) is 2. The lowest BCUT2D eigenvalue weighted by atomic mass is 10.3. The molecular weight excluding hydrogens is 266 g/mol. The molecule has 4 nitrogen and oxygen atoms in total. The van der Waals surface area contributed by atoms with Crippen molar-refractivity contribution < 1.29 is 26.7 Å². The van der Waals surface area contributed by atoms with Crippen LogP contribution in [0.3, 0.4) is 0 Å². The Hall–Kier alpha value is -1.08. The minimum Gasteiger partial charge on any atom is -0.493 e. The number of alkyl halides is 2. The highest BCUT2D eigenvalue weighted by Crippen LogP contribution is 2.31. The largest absolute Gasteiger partial charge is 0.493 e. The quantitative estimate of drug-likeness (QED) is 0.789. The van der Waals surface area contributed by atoms with Crippen molar-refractivity contribution in [2.45, 2.75) is 11.5 Å². The van der Waals surface area contributed by atoms with Crippen molar-refractivity contribution in [3.8, 4) is 11.5 Å². The van der Waals surface area contributed by atoms with E-state index in [0.717, 1.165) is 18.2 Å². The maximum atomic E-state index is 11.9. The van der Waals surface area contributed by atoms with E-state index in [1.54, 1.807) is 0 Å². The molecule has 0 radical (unpaired) electrons. The fourth-order valence-corrected chi connectivity index (χ4v) is 1.76. The molecule has 8 heteroatoms. The van der Waals surface area contributed by atoms with Crippen molar-refractivity contribution in [3.63, 3.8) is 0 Å². The highest BCUT2D eigenvalue weighted by atomic mass is 35.7. The second-order valence-corrected chi connectivity index (χ2v) is 5.19. The number of methoxy groups -OCH3 is 1. The molecule has 0 N–H and O–H groups in total. The summed E-state index contributed by atoms with van der Waals surface area (Å²) >= 11 is 0. The van der Waals surface area contributed by atoms with Crippen LogP contribution < -0.4 is 9.47 Å². The zero-order chi connectivity index (χ0) is 12.3. The second kappa shape index (κ2) is 4.84. The maximum absolute atomic E-state index is 11.9. The van der Waals surface area contributed by atoms with E-state index in [2.05, 4.69) is 4.74 Å². The monoisotopic (exact) mass is 272 g/mol. The first-order valence-electron chi connectivity index (χ1n) is 3.92. The van der Waals surface area contributed by atoms with Crippen LogP contribution in [0.5, 0.6) is 11.5 Å². The minimum absolute atomic E-state index is 0.137. The van der Waals surface area contributed by atoms with Crippen LogP contribution in [0, 0.1) is 0 Å². The summed E-state index contributed by atoms with van der Waals surface area (Å²) in [6, 6.07) is 3.09. The lowest BCUT2D eigenvalue weighted by molar-refractivity contribution is -0.0512. The van der Waals surface area contributed by atoms with E-state index in [0.29, 0.717) is 0 Å². The third kappa shape index (κ3) is 3.21. The molecule has 90 valence electrons. The Morgan fingerprint density at radius 1 is 1.31 bits per heavy atom. The molecule has 0 aliphatic carbocycles. The van der Waals surface area contributed by atoms with Crippen LogP contribution in [0.4, 0.5) is 8.78 Å². The van der Waals surface area contributed by atoms with Gasteiger partial charge >= 0.3 is 6.61 Å². The molecule has 0 aromatic heterocycles. The molecule has 0 aliphatic rings. The fourth-order valence-electron chi connectivity index (χ4n) is 0.993. The van der Waals surface area contributed by atoms with Gasteiger partial charge in [0.2, 0.25) is 0 Å². The molecule has 0 aliphatic heterocycles. The van der Waals surface area contributed by atoms with E-state index in [4.69, 9.17) is 15.4 Å².